The lowest BCUT2D eigenvalue weighted by Crippen LogP contribution is -2.12. The zero-order valence-corrected chi connectivity index (χ0v) is 8.81. The number of carboxylic acids is 1. The van der Waals surface area contributed by atoms with Crippen LogP contribution in [0.25, 0.3) is 0 Å². The molecule has 0 aliphatic carbocycles. The van der Waals surface area contributed by atoms with Crippen molar-refractivity contribution in [2.45, 2.75) is 27.2 Å². The Kier molecular flexibility index (Phi) is 2.71. The molecule has 1 N–H and O–H groups in total. The van der Waals surface area contributed by atoms with Gasteiger partial charge in [0.05, 0.1) is 11.2 Å². The molecule has 0 bridgehead atoms. The molecule has 4 heteroatoms. The first-order valence-corrected chi connectivity index (χ1v) is 4.94. The third-order valence-electron chi connectivity index (χ3n) is 1.53. The van der Waals surface area contributed by atoms with Gasteiger partial charge in [-0.05, 0) is 11.8 Å². The molecule has 0 amide bonds. The summed E-state index contributed by atoms with van der Waals surface area (Å²) < 4.78 is 0. The second-order valence-corrected chi connectivity index (χ2v) is 5.03. The molecule has 0 saturated heterocycles. The minimum atomic E-state index is -0.873. The van der Waals surface area contributed by atoms with Crippen molar-refractivity contribution in [3.8, 4) is 0 Å². The molecular formula is C9H13NO2S. The first-order chi connectivity index (χ1) is 5.90. The number of carbonyl (C=O) groups is 1. The number of hydrogen-bond acceptors (Lipinski definition) is 3. The molecule has 3 nitrogen and oxygen atoms in total. The van der Waals surface area contributed by atoms with E-state index in [-0.39, 0.29) is 5.41 Å². The first kappa shape index (κ1) is 10.2. The van der Waals surface area contributed by atoms with Gasteiger partial charge in [0.25, 0.3) is 0 Å². The van der Waals surface area contributed by atoms with E-state index in [0.29, 0.717) is 17.0 Å². The normalized spacial score (nSPS) is 11.6. The van der Waals surface area contributed by atoms with E-state index < -0.39 is 5.97 Å². The fourth-order valence-corrected chi connectivity index (χ4v) is 1.72. The Bertz CT molecular complexity index is 312. The van der Waals surface area contributed by atoms with Crippen molar-refractivity contribution in [2.24, 2.45) is 5.41 Å². The van der Waals surface area contributed by atoms with Crippen LogP contribution >= 0.6 is 11.3 Å². The minimum absolute atomic E-state index is 0.0816. The average molecular weight is 199 g/mol. The molecule has 0 unspecified atom stereocenters. The van der Waals surface area contributed by atoms with Gasteiger partial charge in [-0.3, -0.25) is 0 Å². The fraction of sp³-hybridized carbons (Fsp3) is 0.556. The summed E-state index contributed by atoms with van der Waals surface area (Å²) in [7, 11) is 0. The molecule has 0 radical (unpaired) electrons. The Balaban J connectivity index is 2.89. The summed E-state index contributed by atoms with van der Waals surface area (Å²) in [5.41, 5.74) is 2.37. The molecule has 0 atom stereocenters. The Morgan fingerprint density at radius 2 is 2.23 bits per heavy atom. The van der Waals surface area contributed by atoms with Gasteiger partial charge in [0, 0.05) is 0 Å². The van der Waals surface area contributed by atoms with Crippen LogP contribution in [0.2, 0.25) is 0 Å². The molecule has 0 fully saturated rings. The summed E-state index contributed by atoms with van der Waals surface area (Å²) >= 11 is 1.19. The standard InChI is InChI=1S/C9H13NO2S/c1-9(2,3)4-6-7(8(11)12)13-5-10-6/h5H,4H2,1-3H3,(H,11,12). The van der Waals surface area contributed by atoms with Crippen LogP contribution in [-0.2, 0) is 6.42 Å². The monoisotopic (exact) mass is 199 g/mol. The van der Waals surface area contributed by atoms with E-state index in [1.54, 1.807) is 5.51 Å². The quantitative estimate of drug-likeness (QED) is 0.795. The second kappa shape index (κ2) is 3.46. The summed E-state index contributed by atoms with van der Waals surface area (Å²) in [6.07, 6.45) is 0.706. The predicted molar refractivity (Wildman–Crippen MR) is 52.2 cm³/mol. The highest BCUT2D eigenvalue weighted by Crippen LogP contribution is 2.23. The lowest BCUT2D eigenvalue weighted by Gasteiger charge is -2.16. The summed E-state index contributed by atoms with van der Waals surface area (Å²) in [5, 5.41) is 8.82. The zero-order chi connectivity index (χ0) is 10.1. The smallest absolute Gasteiger partial charge is 0.347 e. The van der Waals surface area contributed by atoms with Crippen molar-refractivity contribution < 1.29 is 9.90 Å². The van der Waals surface area contributed by atoms with E-state index in [9.17, 15) is 4.79 Å². The van der Waals surface area contributed by atoms with E-state index >= 15 is 0 Å². The first-order valence-electron chi connectivity index (χ1n) is 4.06. The van der Waals surface area contributed by atoms with Gasteiger partial charge in [-0.2, -0.15) is 0 Å². The number of hydrogen-bond donors (Lipinski definition) is 1. The van der Waals surface area contributed by atoms with E-state index in [1.807, 2.05) is 0 Å². The van der Waals surface area contributed by atoms with Crippen LogP contribution in [0.15, 0.2) is 5.51 Å². The van der Waals surface area contributed by atoms with Gasteiger partial charge in [0.1, 0.15) is 4.88 Å². The summed E-state index contributed by atoms with van der Waals surface area (Å²) in [6, 6.07) is 0. The second-order valence-electron chi connectivity index (χ2n) is 4.17. The van der Waals surface area contributed by atoms with Crippen LogP contribution in [0.5, 0.6) is 0 Å². The summed E-state index contributed by atoms with van der Waals surface area (Å²) in [4.78, 5) is 15.2. The van der Waals surface area contributed by atoms with Crippen molar-refractivity contribution in [1.29, 1.82) is 0 Å². The molecule has 1 aromatic rings. The minimum Gasteiger partial charge on any atom is -0.477 e. The van der Waals surface area contributed by atoms with Crippen LogP contribution in [0.1, 0.15) is 36.1 Å². The van der Waals surface area contributed by atoms with E-state index in [0.717, 1.165) is 0 Å². The van der Waals surface area contributed by atoms with E-state index in [4.69, 9.17) is 5.11 Å². The highest BCUT2D eigenvalue weighted by Gasteiger charge is 2.19. The number of thiazole rings is 1. The van der Waals surface area contributed by atoms with Gasteiger partial charge in [-0.1, -0.05) is 20.8 Å². The van der Waals surface area contributed by atoms with Crippen LogP contribution in [-0.4, -0.2) is 16.1 Å². The zero-order valence-electron chi connectivity index (χ0n) is 8.00. The van der Waals surface area contributed by atoms with E-state index in [2.05, 4.69) is 25.8 Å². The maximum atomic E-state index is 10.7. The Hall–Kier alpha value is -0.900. The van der Waals surface area contributed by atoms with Crippen molar-refractivity contribution >= 4 is 17.3 Å². The number of aromatic carboxylic acids is 1. The molecule has 1 heterocycles. The van der Waals surface area contributed by atoms with Crippen LogP contribution < -0.4 is 0 Å². The van der Waals surface area contributed by atoms with Crippen LogP contribution in [0.3, 0.4) is 0 Å². The molecular weight excluding hydrogens is 186 g/mol. The Labute approximate surface area is 81.4 Å². The molecule has 0 aliphatic rings. The van der Waals surface area contributed by atoms with Crippen LogP contribution in [0, 0.1) is 5.41 Å². The van der Waals surface area contributed by atoms with Gasteiger partial charge in [0.15, 0.2) is 0 Å². The Morgan fingerprint density at radius 1 is 1.62 bits per heavy atom. The molecule has 1 rings (SSSR count). The molecule has 0 aromatic carbocycles. The predicted octanol–water partition coefficient (Wildman–Crippen LogP) is 2.43. The number of rotatable bonds is 2. The fourth-order valence-electron chi connectivity index (χ4n) is 1.07. The highest BCUT2D eigenvalue weighted by atomic mass is 32.1. The lowest BCUT2D eigenvalue weighted by atomic mass is 9.90. The summed E-state index contributed by atoms with van der Waals surface area (Å²) in [6.45, 7) is 6.20. The van der Waals surface area contributed by atoms with E-state index in [1.165, 1.54) is 11.3 Å². The van der Waals surface area contributed by atoms with Crippen LogP contribution in [0.4, 0.5) is 0 Å². The highest BCUT2D eigenvalue weighted by molar-refractivity contribution is 7.11. The number of carboxylic acid groups (broad SMARTS) is 1. The summed E-state index contributed by atoms with van der Waals surface area (Å²) in [5.74, 6) is -0.873. The molecule has 1 aromatic heterocycles. The largest absolute Gasteiger partial charge is 0.477 e. The third kappa shape index (κ3) is 2.81. The number of nitrogens with zero attached hydrogens (tertiary/aromatic N) is 1. The number of aromatic nitrogens is 1. The third-order valence-corrected chi connectivity index (χ3v) is 2.39. The molecule has 13 heavy (non-hydrogen) atoms. The van der Waals surface area contributed by atoms with Gasteiger partial charge < -0.3 is 5.11 Å². The van der Waals surface area contributed by atoms with Gasteiger partial charge >= 0.3 is 5.97 Å². The molecule has 0 spiro atoms. The van der Waals surface area contributed by atoms with Crippen molar-refractivity contribution in [3.05, 3.63) is 16.1 Å². The topological polar surface area (TPSA) is 50.2 Å². The van der Waals surface area contributed by atoms with Crippen molar-refractivity contribution in [3.63, 3.8) is 0 Å². The van der Waals surface area contributed by atoms with Crippen molar-refractivity contribution in [1.82, 2.24) is 4.98 Å². The molecule has 0 saturated carbocycles. The lowest BCUT2D eigenvalue weighted by molar-refractivity contribution is 0.0700. The van der Waals surface area contributed by atoms with Gasteiger partial charge in [-0.15, -0.1) is 11.3 Å². The molecule has 0 aliphatic heterocycles. The average Bonchev–Trinajstić information content (AvgIpc) is 2.31. The van der Waals surface area contributed by atoms with Crippen molar-refractivity contribution in [2.75, 3.05) is 0 Å². The maximum Gasteiger partial charge on any atom is 0.347 e. The van der Waals surface area contributed by atoms with Gasteiger partial charge in [-0.25, -0.2) is 9.78 Å². The maximum absolute atomic E-state index is 10.7. The molecule has 72 valence electrons. The van der Waals surface area contributed by atoms with Gasteiger partial charge in [0.2, 0.25) is 0 Å². The SMILES string of the molecule is CC(C)(C)Cc1ncsc1C(=O)O. The Morgan fingerprint density at radius 3 is 2.69 bits per heavy atom.